The molecule has 2 aromatic heterocycles. The number of ether oxygens (including phenoxy) is 1. The fourth-order valence-electron chi connectivity index (χ4n) is 1.89. The van der Waals surface area contributed by atoms with Crippen molar-refractivity contribution in [3.05, 3.63) is 56.6 Å². The van der Waals surface area contributed by atoms with Crippen molar-refractivity contribution in [1.29, 1.82) is 0 Å². The van der Waals surface area contributed by atoms with Crippen LogP contribution < -0.4 is 10.9 Å². The first-order valence-corrected chi connectivity index (χ1v) is 7.47. The number of carbonyl (C=O) groups is 2. The molecule has 2 rings (SSSR count). The molecule has 0 saturated carbocycles. The van der Waals surface area contributed by atoms with E-state index in [0.717, 1.165) is 4.88 Å². The number of hydrogen-bond acceptors (Lipinski definition) is 5. The molecule has 1 unspecified atom stereocenters. The Balaban J connectivity index is 2.19. The molecule has 1 amide bonds. The van der Waals surface area contributed by atoms with Gasteiger partial charge in [-0.2, -0.15) is 0 Å². The highest BCUT2D eigenvalue weighted by atomic mass is 32.1. The molecular weight excluding hydrogens is 304 g/mol. The number of pyridine rings is 1. The van der Waals surface area contributed by atoms with Crippen LogP contribution in [0.15, 0.2) is 40.6 Å². The first-order chi connectivity index (χ1) is 10.5. The van der Waals surface area contributed by atoms with Gasteiger partial charge in [-0.1, -0.05) is 6.07 Å². The minimum Gasteiger partial charge on any atom is -0.469 e. The third-order valence-corrected chi connectivity index (χ3v) is 4.14. The lowest BCUT2D eigenvalue weighted by molar-refractivity contribution is -0.141. The molecule has 22 heavy (non-hydrogen) atoms. The number of esters is 1. The largest absolute Gasteiger partial charge is 0.469 e. The zero-order valence-corrected chi connectivity index (χ0v) is 13.1. The van der Waals surface area contributed by atoms with Crippen LogP contribution in [-0.2, 0) is 16.6 Å². The lowest BCUT2D eigenvalue weighted by Gasteiger charge is -2.16. The third kappa shape index (κ3) is 3.82. The number of nitrogens with one attached hydrogen (secondary N) is 1. The van der Waals surface area contributed by atoms with Crippen molar-refractivity contribution in [1.82, 2.24) is 9.88 Å². The average molecular weight is 320 g/mol. The molecule has 116 valence electrons. The van der Waals surface area contributed by atoms with Crippen molar-refractivity contribution in [2.24, 2.45) is 7.05 Å². The Kier molecular flexibility index (Phi) is 5.11. The van der Waals surface area contributed by atoms with Gasteiger partial charge in [0.2, 0.25) is 0 Å². The van der Waals surface area contributed by atoms with E-state index in [1.54, 1.807) is 13.1 Å². The molecule has 0 bridgehead atoms. The highest BCUT2D eigenvalue weighted by Gasteiger charge is 2.20. The van der Waals surface area contributed by atoms with E-state index in [9.17, 15) is 14.4 Å². The second-order valence-corrected chi connectivity index (χ2v) is 5.67. The van der Waals surface area contributed by atoms with E-state index in [0.29, 0.717) is 0 Å². The van der Waals surface area contributed by atoms with Crippen LogP contribution in [-0.4, -0.2) is 23.6 Å². The molecular formula is C15H16N2O4S. The van der Waals surface area contributed by atoms with Gasteiger partial charge in [-0.05, 0) is 17.5 Å². The van der Waals surface area contributed by atoms with Crippen molar-refractivity contribution >= 4 is 23.2 Å². The summed E-state index contributed by atoms with van der Waals surface area (Å²) >= 11 is 1.44. The third-order valence-electron chi connectivity index (χ3n) is 3.16. The topological polar surface area (TPSA) is 77.4 Å². The summed E-state index contributed by atoms with van der Waals surface area (Å²) in [6.45, 7) is 0. The molecule has 0 aliphatic heterocycles. The summed E-state index contributed by atoms with van der Waals surface area (Å²) in [4.78, 5) is 36.2. The molecule has 2 aromatic rings. The van der Waals surface area contributed by atoms with Crippen LogP contribution in [0.3, 0.4) is 0 Å². The van der Waals surface area contributed by atoms with Crippen molar-refractivity contribution in [3.8, 4) is 0 Å². The molecule has 2 heterocycles. The van der Waals surface area contributed by atoms with Gasteiger partial charge in [-0.25, -0.2) is 0 Å². The van der Waals surface area contributed by atoms with Gasteiger partial charge in [0.05, 0.1) is 19.6 Å². The van der Waals surface area contributed by atoms with E-state index >= 15 is 0 Å². The summed E-state index contributed by atoms with van der Waals surface area (Å²) in [7, 11) is 2.91. The number of aromatic nitrogens is 1. The van der Waals surface area contributed by atoms with Crippen molar-refractivity contribution in [2.75, 3.05) is 7.11 Å². The lowest BCUT2D eigenvalue weighted by Crippen LogP contribution is -2.31. The van der Waals surface area contributed by atoms with Crippen LogP contribution >= 0.6 is 11.3 Å². The fraction of sp³-hybridized carbons (Fsp3) is 0.267. The number of carbonyl (C=O) groups excluding carboxylic acids is 2. The van der Waals surface area contributed by atoms with Crippen LogP contribution in [0.25, 0.3) is 0 Å². The van der Waals surface area contributed by atoms with Crippen LogP contribution in [0, 0.1) is 0 Å². The second kappa shape index (κ2) is 7.04. The first-order valence-electron chi connectivity index (χ1n) is 6.59. The fourth-order valence-corrected chi connectivity index (χ4v) is 2.67. The van der Waals surface area contributed by atoms with Gasteiger partial charge >= 0.3 is 5.97 Å². The zero-order valence-electron chi connectivity index (χ0n) is 12.2. The minimum absolute atomic E-state index is 0.0353. The quantitative estimate of drug-likeness (QED) is 0.847. The van der Waals surface area contributed by atoms with Crippen LogP contribution in [0.2, 0.25) is 0 Å². The summed E-state index contributed by atoms with van der Waals surface area (Å²) in [5.74, 6) is -0.817. The molecule has 0 aliphatic carbocycles. The number of rotatable bonds is 5. The Morgan fingerprint density at radius 3 is 2.77 bits per heavy atom. The van der Waals surface area contributed by atoms with E-state index < -0.39 is 17.9 Å². The predicted octanol–water partition coefficient (Wildman–Crippen LogP) is 1.48. The molecule has 0 fully saturated rings. The van der Waals surface area contributed by atoms with E-state index in [1.165, 1.54) is 35.3 Å². The average Bonchev–Trinajstić information content (AvgIpc) is 3.03. The van der Waals surface area contributed by atoms with Gasteiger partial charge in [-0.15, -0.1) is 11.3 Å². The van der Waals surface area contributed by atoms with Crippen molar-refractivity contribution in [3.63, 3.8) is 0 Å². The number of hydrogen-bond donors (Lipinski definition) is 1. The maximum atomic E-state index is 12.3. The minimum atomic E-state index is -0.482. The summed E-state index contributed by atoms with van der Waals surface area (Å²) in [6.07, 6.45) is 1.56. The molecule has 6 nitrogen and oxygen atoms in total. The van der Waals surface area contributed by atoms with E-state index in [2.05, 4.69) is 10.1 Å². The van der Waals surface area contributed by atoms with E-state index in [-0.39, 0.29) is 17.5 Å². The SMILES string of the molecule is COC(=O)CC(NC(=O)c1ccn(C)c(=O)c1)c1cccs1. The normalized spacial score (nSPS) is 11.7. The summed E-state index contributed by atoms with van der Waals surface area (Å²) < 4.78 is 6.04. The number of methoxy groups -OCH3 is 1. The van der Waals surface area contributed by atoms with E-state index in [1.807, 2.05) is 17.5 Å². The van der Waals surface area contributed by atoms with Gasteiger partial charge in [0.25, 0.3) is 11.5 Å². The molecule has 1 N–H and O–H groups in total. The van der Waals surface area contributed by atoms with Crippen LogP contribution in [0.1, 0.15) is 27.7 Å². The van der Waals surface area contributed by atoms with Crippen molar-refractivity contribution < 1.29 is 14.3 Å². The summed E-state index contributed by atoms with van der Waals surface area (Å²) in [5, 5.41) is 4.64. The number of amides is 1. The smallest absolute Gasteiger partial charge is 0.307 e. The molecule has 7 heteroatoms. The number of nitrogens with zero attached hydrogens (tertiary/aromatic N) is 1. The molecule has 0 aromatic carbocycles. The highest BCUT2D eigenvalue weighted by Crippen LogP contribution is 2.22. The van der Waals surface area contributed by atoms with Gasteiger partial charge in [0.1, 0.15) is 0 Å². The maximum absolute atomic E-state index is 12.3. The van der Waals surface area contributed by atoms with Gasteiger partial charge < -0.3 is 14.6 Å². The van der Waals surface area contributed by atoms with Crippen LogP contribution in [0.5, 0.6) is 0 Å². The lowest BCUT2D eigenvalue weighted by atomic mass is 10.1. The number of aryl methyl sites for hydroxylation is 1. The molecule has 0 radical (unpaired) electrons. The standard InChI is InChI=1S/C15H16N2O4S/c1-17-6-5-10(8-13(17)18)15(20)16-11(9-14(19)21-2)12-4-3-7-22-12/h3-8,11H,9H2,1-2H3,(H,16,20). The summed E-state index contributed by atoms with van der Waals surface area (Å²) in [6, 6.07) is 6.01. The Morgan fingerprint density at radius 1 is 1.41 bits per heavy atom. The highest BCUT2D eigenvalue weighted by molar-refractivity contribution is 7.10. The molecule has 0 saturated heterocycles. The van der Waals surface area contributed by atoms with Gasteiger partial charge in [0, 0.05) is 29.8 Å². The Labute approximate surface area is 131 Å². The summed E-state index contributed by atoms with van der Waals surface area (Å²) in [5.41, 5.74) is -0.0113. The zero-order chi connectivity index (χ0) is 16.1. The molecule has 0 aliphatic rings. The molecule has 1 atom stereocenters. The predicted molar refractivity (Wildman–Crippen MR) is 82.8 cm³/mol. The van der Waals surface area contributed by atoms with E-state index in [4.69, 9.17) is 0 Å². The van der Waals surface area contributed by atoms with Gasteiger partial charge in [0.15, 0.2) is 0 Å². The number of thiophene rings is 1. The van der Waals surface area contributed by atoms with Crippen molar-refractivity contribution in [2.45, 2.75) is 12.5 Å². The Bertz CT molecular complexity index is 721. The monoisotopic (exact) mass is 320 g/mol. The first kappa shape index (κ1) is 16.0. The molecule has 0 spiro atoms. The Hall–Kier alpha value is -2.41. The van der Waals surface area contributed by atoms with Gasteiger partial charge in [-0.3, -0.25) is 14.4 Å². The maximum Gasteiger partial charge on any atom is 0.307 e. The second-order valence-electron chi connectivity index (χ2n) is 4.69. The Morgan fingerprint density at radius 2 is 2.18 bits per heavy atom. The van der Waals surface area contributed by atoms with Crippen LogP contribution in [0.4, 0.5) is 0 Å².